The topological polar surface area (TPSA) is 165 Å². The van der Waals surface area contributed by atoms with Gasteiger partial charge in [-0.05, 0) is 25.0 Å². The second-order valence-corrected chi connectivity index (χ2v) is 4.06. The van der Waals surface area contributed by atoms with Crippen LogP contribution in [0.4, 0.5) is 0 Å². The Hall–Kier alpha value is -1.99. The van der Waals surface area contributed by atoms with Crippen LogP contribution in [0.25, 0.3) is 0 Å². The van der Waals surface area contributed by atoms with E-state index < -0.39 is 18.0 Å². The summed E-state index contributed by atoms with van der Waals surface area (Å²) in [5.41, 5.74) is 15.7. The van der Waals surface area contributed by atoms with Crippen molar-refractivity contribution in [3.63, 3.8) is 0 Å². The van der Waals surface area contributed by atoms with Crippen molar-refractivity contribution in [3.05, 3.63) is 35.9 Å². The van der Waals surface area contributed by atoms with Gasteiger partial charge in [0.15, 0.2) is 5.96 Å². The number of nitrogens with two attached hydrogens (primary N) is 3. The summed E-state index contributed by atoms with van der Waals surface area (Å²) in [6.07, 6.45) is 0.956. The van der Waals surface area contributed by atoms with Gasteiger partial charge in [0.1, 0.15) is 6.04 Å². The standard InChI is InChI=1S/C7H6O2.C6H14N4O2.Zn/c8-7(9)6-4-2-1-3-5-6;7-4(5(11)12)2-1-3-10-6(8)9;/h1-5H,(H,8,9);4H,1-3,7H2,(H,11,12)(H4,8,9,10);/t;4-;/m.0./s1. The SMILES string of the molecule is NC(N)=NCCC[C@H](N)C(=O)O.O=C(O)c1ccccc1.[Zn]. The first kappa shape index (κ1) is 22.3. The number of aliphatic carboxylic acids is 1. The molecule has 0 bridgehead atoms. The summed E-state index contributed by atoms with van der Waals surface area (Å²) >= 11 is 0. The van der Waals surface area contributed by atoms with Gasteiger partial charge in [-0.15, -0.1) is 0 Å². The Balaban J connectivity index is 0. The van der Waals surface area contributed by atoms with Crippen LogP contribution in [0.2, 0.25) is 0 Å². The molecule has 8 nitrogen and oxygen atoms in total. The molecule has 0 aliphatic rings. The molecule has 0 fully saturated rings. The van der Waals surface area contributed by atoms with Crippen molar-refractivity contribution in [3.8, 4) is 0 Å². The number of hydrogen-bond donors (Lipinski definition) is 5. The van der Waals surface area contributed by atoms with E-state index in [1.54, 1.807) is 30.3 Å². The number of nitrogens with zero attached hydrogens (tertiary/aromatic N) is 1. The Morgan fingerprint density at radius 1 is 1.14 bits per heavy atom. The molecule has 8 N–H and O–H groups in total. The third-order valence-corrected chi connectivity index (χ3v) is 2.31. The fraction of sp³-hybridized carbons (Fsp3) is 0.308. The maximum Gasteiger partial charge on any atom is 0.335 e. The molecule has 0 unspecified atom stereocenters. The largest absolute Gasteiger partial charge is 0.480 e. The van der Waals surface area contributed by atoms with Gasteiger partial charge < -0.3 is 27.4 Å². The van der Waals surface area contributed by atoms with Crippen LogP contribution >= 0.6 is 0 Å². The van der Waals surface area contributed by atoms with Gasteiger partial charge in [0.05, 0.1) is 5.56 Å². The predicted molar refractivity (Wildman–Crippen MR) is 78.9 cm³/mol. The zero-order chi connectivity index (χ0) is 16.3. The molecule has 1 rings (SSSR count). The van der Waals surface area contributed by atoms with Gasteiger partial charge in [0.25, 0.3) is 0 Å². The normalized spacial score (nSPS) is 10.2. The molecular formula is C13H20N4O4Zn. The smallest absolute Gasteiger partial charge is 0.335 e. The Bertz CT molecular complexity index is 478. The Morgan fingerprint density at radius 3 is 2.05 bits per heavy atom. The van der Waals surface area contributed by atoms with Crippen molar-refractivity contribution in [2.75, 3.05) is 6.54 Å². The summed E-state index contributed by atoms with van der Waals surface area (Å²) in [7, 11) is 0. The van der Waals surface area contributed by atoms with E-state index in [1.165, 1.54) is 0 Å². The Kier molecular flexibility index (Phi) is 12.9. The molecule has 0 aliphatic carbocycles. The van der Waals surface area contributed by atoms with E-state index in [1.807, 2.05) is 0 Å². The van der Waals surface area contributed by atoms with Gasteiger partial charge in [-0.25, -0.2) is 4.79 Å². The van der Waals surface area contributed by atoms with E-state index in [2.05, 4.69) is 4.99 Å². The summed E-state index contributed by atoms with van der Waals surface area (Å²) in [5.74, 6) is -1.87. The second-order valence-electron chi connectivity index (χ2n) is 4.06. The van der Waals surface area contributed by atoms with E-state index >= 15 is 0 Å². The molecule has 0 spiro atoms. The van der Waals surface area contributed by atoms with Crippen LogP contribution in [0.1, 0.15) is 23.2 Å². The number of hydrogen-bond acceptors (Lipinski definition) is 4. The minimum Gasteiger partial charge on any atom is -0.480 e. The molecule has 0 aromatic heterocycles. The minimum absolute atomic E-state index is 0. The van der Waals surface area contributed by atoms with Crippen molar-refractivity contribution >= 4 is 17.9 Å². The number of benzene rings is 1. The van der Waals surface area contributed by atoms with Gasteiger partial charge in [-0.3, -0.25) is 9.79 Å². The van der Waals surface area contributed by atoms with Crippen molar-refractivity contribution < 1.29 is 39.3 Å². The fourth-order valence-electron chi connectivity index (χ4n) is 1.22. The molecule has 9 heteroatoms. The molecule has 1 aromatic rings. The number of rotatable bonds is 6. The summed E-state index contributed by atoms with van der Waals surface area (Å²) in [6, 6.07) is 7.48. The molecule has 118 valence electrons. The van der Waals surface area contributed by atoms with Crippen LogP contribution in [0.15, 0.2) is 35.3 Å². The maximum atomic E-state index is 10.2. The van der Waals surface area contributed by atoms with Gasteiger partial charge in [-0.1, -0.05) is 18.2 Å². The van der Waals surface area contributed by atoms with E-state index in [0.717, 1.165) is 0 Å². The third kappa shape index (κ3) is 11.8. The quantitative estimate of drug-likeness (QED) is 0.203. The number of carboxylic acid groups (broad SMARTS) is 2. The molecule has 0 saturated heterocycles. The molecule has 0 heterocycles. The number of aliphatic imine (C=N–C) groups is 1. The third-order valence-electron chi connectivity index (χ3n) is 2.31. The molecule has 1 atom stereocenters. The van der Waals surface area contributed by atoms with E-state index in [4.69, 9.17) is 27.4 Å². The number of carboxylic acids is 2. The summed E-state index contributed by atoms with van der Waals surface area (Å²) in [5, 5.41) is 16.8. The zero-order valence-corrected chi connectivity index (χ0v) is 15.1. The molecule has 1 aromatic carbocycles. The molecule has 0 amide bonds. The van der Waals surface area contributed by atoms with E-state index in [-0.39, 0.29) is 25.4 Å². The number of guanidine groups is 1. The van der Waals surface area contributed by atoms with Gasteiger partial charge in [0.2, 0.25) is 0 Å². The van der Waals surface area contributed by atoms with Crippen LogP contribution in [0.3, 0.4) is 0 Å². The molecular weight excluding hydrogens is 342 g/mol. The van der Waals surface area contributed by atoms with Crippen LogP contribution in [-0.2, 0) is 24.3 Å². The first-order chi connectivity index (χ1) is 9.84. The number of carbonyl (C=O) groups is 2. The Morgan fingerprint density at radius 2 is 1.68 bits per heavy atom. The van der Waals surface area contributed by atoms with Crippen LogP contribution < -0.4 is 17.2 Å². The van der Waals surface area contributed by atoms with E-state index in [9.17, 15) is 9.59 Å². The predicted octanol–water partition coefficient (Wildman–Crippen LogP) is -0.166. The first-order valence-corrected chi connectivity index (χ1v) is 6.16. The Labute approximate surface area is 141 Å². The minimum atomic E-state index is -1.00. The van der Waals surface area contributed by atoms with Gasteiger partial charge >= 0.3 is 11.9 Å². The van der Waals surface area contributed by atoms with Crippen molar-refractivity contribution in [2.24, 2.45) is 22.2 Å². The van der Waals surface area contributed by atoms with Gasteiger partial charge in [0, 0.05) is 26.0 Å². The van der Waals surface area contributed by atoms with Crippen molar-refractivity contribution in [2.45, 2.75) is 18.9 Å². The summed E-state index contributed by atoms with van der Waals surface area (Å²) in [6.45, 7) is 0.420. The average Bonchev–Trinajstić information content (AvgIpc) is 2.44. The van der Waals surface area contributed by atoms with E-state index in [0.29, 0.717) is 24.9 Å². The van der Waals surface area contributed by atoms with Crippen molar-refractivity contribution in [1.82, 2.24) is 0 Å². The fourth-order valence-corrected chi connectivity index (χ4v) is 1.22. The monoisotopic (exact) mass is 360 g/mol. The summed E-state index contributed by atoms with van der Waals surface area (Å²) < 4.78 is 0. The zero-order valence-electron chi connectivity index (χ0n) is 12.2. The average molecular weight is 362 g/mol. The van der Waals surface area contributed by atoms with Crippen LogP contribution in [-0.4, -0.2) is 40.7 Å². The first-order valence-electron chi connectivity index (χ1n) is 6.16. The number of aromatic carboxylic acids is 1. The molecule has 0 radical (unpaired) electrons. The van der Waals surface area contributed by atoms with Crippen LogP contribution in [0.5, 0.6) is 0 Å². The van der Waals surface area contributed by atoms with Crippen molar-refractivity contribution in [1.29, 1.82) is 0 Å². The second kappa shape index (κ2) is 12.7. The van der Waals surface area contributed by atoms with Crippen LogP contribution in [0, 0.1) is 0 Å². The van der Waals surface area contributed by atoms with Gasteiger partial charge in [-0.2, -0.15) is 0 Å². The summed E-state index contributed by atoms with van der Waals surface area (Å²) in [4.78, 5) is 24.1. The molecule has 0 saturated carbocycles. The molecule has 0 aliphatic heterocycles. The maximum absolute atomic E-state index is 10.2. The molecule has 22 heavy (non-hydrogen) atoms.